The van der Waals surface area contributed by atoms with E-state index in [0.29, 0.717) is 5.56 Å². The van der Waals surface area contributed by atoms with Crippen molar-refractivity contribution in [1.29, 1.82) is 0 Å². The number of hydrogen-bond donors (Lipinski definition) is 15. The van der Waals surface area contributed by atoms with Crippen LogP contribution in [0.1, 0.15) is 11.8 Å². The summed E-state index contributed by atoms with van der Waals surface area (Å²) in [4.78, 5) is 99.2. The van der Waals surface area contributed by atoms with Gasteiger partial charge in [0, 0.05) is 11.8 Å². The molecule has 4 heterocycles. The van der Waals surface area contributed by atoms with Crippen molar-refractivity contribution >= 4 is 58.8 Å². The molecule has 4 rings (SSSR count). The SMILES string of the molecule is COC1=CN([C@@H]2O[C@H](COP(=O)(O)OP(=O)(O)OP(=O)(O)O)C(O)[C@@H]2O)C(=O)NC1N.Cc1cn([C@@H]2O[C@H](COP(=O)(O)OP(=O)(O)OP(=O)(O)O)C(O)[C@@H]2O)c(=O)nc1N. The molecule has 2 saturated heterocycles. The van der Waals surface area contributed by atoms with E-state index < -0.39 is 127 Å². The third-order valence-corrected chi connectivity index (χ3v) is 15.0. The molecule has 1 aromatic heterocycles. The molecule has 41 heteroatoms. The van der Waals surface area contributed by atoms with E-state index in [0.717, 1.165) is 15.7 Å². The zero-order chi connectivity index (χ0) is 46.8. The van der Waals surface area contributed by atoms with E-state index >= 15 is 0 Å². The Kier molecular flexibility index (Phi) is 17.5. The number of aromatic nitrogens is 2. The minimum atomic E-state index is -5.73. The first-order valence-corrected chi connectivity index (χ1v) is 24.7. The van der Waals surface area contributed by atoms with E-state index in [9.17, 15) is 67.2 Å². The van der Waals surface area contributed by atoms with Crippen LogP contribution in [-0.4, -0.2) is 149 Å². The van der Waals surface area contributed by atoms with Gasteiger partial charge in [-0.15, -0.1) is 0 Å². The number of methoxy groups -OCH3 is 1. The lowest BCUT2D eigenvalue weighted by molar-refractivity contribution is -0.0672. The summed E-state index contributed by atoms with van der Waals surface area (Å²) in [5.74, 6) is -0.00454. The number of hydrogen-bond acceptors (Lipinski definition) is 24. The van der Waals surface area contributed by atoms with Gasteiger partial charge in [-0.3, -0.25) is 18.5 Å². The van der Waals surface area contributed by atoms with Crippen LogP contribution in [0.2, 0.25) is 0 Å². The van der Waals surface area contributed by atoms with Gasteiger partial charge in [-0.2, -0.15) is 22.2 Å². The summed E-state index contributed by atoms with van der Waals surface area (Å²) in [5.41, 5.74) is 10.5. The van der Waals surface area contributed by atoms with Gasteiger partial charge in [-0.25, -0.2) is 37.0 Å². The number of aliphatic hydroxyl groups excluding tert-OH is 4. The van der Waals surface area contributed by atoms with Crippen molar-refractivity contribution in [2.24, 2.45) is 5.73 Å². The maximum Gasteiger partial charge on any atom is 0.490 e. The minimum Gasteiger partial charge on any atom is -0.496 e. The number of urea groups is 1. The van der Waals surface area contributed by atoms with Gasteiger partial charge in [0.1, 0.15) is 54.4 Å². The van der Waals surface area contributed by atoms with E-state index in [1.54, 1.807) is 0 Å². The number of ether oxygens (including phenoxy) is 3. The van der Waals surface area contributed by atoms with Crippen molar-refractivity contribution in [2.45, 2.75) is 62.2 Å². The predicted molar refractivity (Wildman–Crippen MR) is 187 cm³/mol. The Morgan fingerprint density at radius 3 is 1.57 bits per heavy atom. The molecule has 3 aliphatic rings. The molecule has 0 radical (unpaired) electrons. The number of nitrogens with two attached hydrogens (primary N) is 2. The monoisotopic (exact) mass is 1010 g/mol. The largest absolute Gasteiger partial charge is 0.496 e. The molecule has 2 amide bonds. The molecule has 0 saturated carbocycles. The fourth-order valence-electron chi connectivity index (χ4n) is 4.82. The molecule has 3 aliphatic heterocycles. The molecule has 13 atom stereocenters. The summed E-state index contributed by atoms with van der Waals surface area (Å²) in [6.07, 6.45) is -11.8. The number of phosphoric ester groups is 2. The van der Waals surface area contributed by atoms with Crippen LogP contribution < -0.4 is 22.5 Å². The Bertz CT molecular complexity index is 2150. The summed E-state index contributed by atoms with van der Waals surface area (Å²) < 4.78 is 106. The molecule has 0 aliphatic carbocycles. The van der Waals surface area contributed by atoms with Crippen molar-refractivity contribution in [2.75, 3.05) is 26.1 Å². The van der Waals surface area contributed by atoms with Crippen molar-refractivity contribution in [1.82, 2.24) is 19.8 Å². The van der Waals surface area contributed by atoms with Crippen LogP contribution in [0.25, 0.3) is 0 Å². The molecule has 7 unspecified atom stereocenters. The van der Waals surface area contributed by atoms with Gasteiger partial charge in [0.25, 0.3) is 0 Å². The van der Waals surface area contributed by atoms with Gasteiger partial charge in [0.05, 0.1) is 26.5 Å². The highest BCUT2D eigenvalue weighted by atomic mass is 31.3. The van der Waals surface area contributed by atoms with Gasteiger partial charge in [-0.05, 0) is 6.92 Å². The average Bonchev–Trinajstić information content (AvgIpc) is 3.50. The second-order valence-corrected chi connectivity index (χ2v) is 20.8. The zero-order valence-electron chi connectivity index (χ0n) is 30.3. The van der Waals surface area contributed by atoms with Crippen LogP contribution in [0.15, 0.2) is 23.0 Å². The number of anilines is 1. The van der Waals surface area contributed by atoms with E-state index in [1.165, 1.54) is 20.2 Å². The fourth-order valence-corrected chi connectivity index (χ4v) is 10.9. The number of nitrogens with zero attached hydrogens (tertiary/aromatic N) is 3. The molecule has 1 aromatic rings. The molecular weight excluding hydrogens is 974 g/mol. The van der Waals surface area contributed by atoms with E-state index in [2.05, 4.69) is 36.6 Å². The fraction of sp³-hybridized carbons (Fsp3) is 0.650. The number of carbonyl (C=O) groups is 1. The number of aliphatic hydroxyl groups is 4. The topological polar surface area (TPSA) is 548 Å². The summed E-state index contributed by atoms with van der Waals surface area (Å²) in [6.45, 7) is -0.550. The minimum absolute atomic E-state index is 0.0709. The summed E-state index contributed by atoms with van der Waals surface area (Å²) in [5, 5.41) is 42.6. The Morgan fingerprint density at radius 2 is 1.15 bits per heavy atom. The summed E-state index contributed by atoms with van der Waals surface area (Å²) in [7, 11) is -32.3. The van der Waals surface area contributed by atoms with Gasteiger partial charge in [-0.1, -0.05) is 0 Å². The quantitative estimate of drug-likeness (QED) is 0.0656. The number of rotatable bonds is 17. The first kappa shape index (κ1) is 53.4. The standard InChI is InChI=1S/C10H20N3O15P3.C10H18N3O14P3/c1-24-4-2-13(10(16)12-8(4)11)9-7(15)6(14)5(26-9)3-25-30(20,21)28-31(22,23)27-29(17,18)19;1-4-2-13(10(16)12-8(4)11)9-7(15)6(14)5(25-9)3-24-29(20,21)27-30(22,23)26-28(17,18)19/h2,5-9,14-15H,3,11H2,1H3,(H,12,16)(H,20,21)(H,22,23)(H2,17,18,19);2,5-7,9,14-15H,3H2,1H3,(H,20,21)(H,22,23)(H2,11,12,16)(H2,17,18,19)/t5-,6?,7+,8?,9-;5-,6?,7+,9-/m11/s1. The number of aryl methyl sites for hydroxylation is 1. The van der Waals surface area contributed by atoms with Crippen molar-refractivity contribution in [3.63, 3.8) is 0 Å². The predicted octanol–water partition coefficient (Wildman–Crippen LogP) is -4.33. The van der Waals surface area contributed by atoms with E-state index in [-0.39, 0.29) is 11.6 Å². The van der Waals surface area contributed by atoms with Crippen molar-refractivity contribution in [3.05, 3.63) is 34.2 Å². The molecule has 0 bridgehead atoms. The number of nitrogens with one attached hydrogen (secondary N) is 1. The Balaban J connectivity index is 0.000000325. The van der Waals surface area contributed by atoms with Crippen LogP contribution in [-0.2, 0) is 67.9 Å². The van der Waals surface area contributed by atoms with E-state index in [4.69, 9.17) is 55.0 Å². The maximum atomic E-state index is 12.1. The Morgan fingerprint density at radius 1 is 0.721 bits per heavy atom. The third kappa shape index (κ3) is 15.6. The lowest BCUT2D eigenvalue weighted by Gasteiger charge is -2.33. The smallest absolute Gasteiger partial charge is 0.490 e. The van der Waals surface area contributed by atoms with Gasteiger partial charge < -0.3 is 90.6 Å². The van der Waals surface area contributed by atoms with Crippen molar-refractivity contribution in [3.8, 4) is 0 Å². The second kappa shape index (κ2) is 20.0. The molecule has 2 fully saturated rings. The Labute approximate surface area is 338 Å². The molecule has 352 valence electrons. The van der Waals surface area contributed by atoms with Crippen LogP contribution in [0.5, 0.6) is 0 Å². The van der Waals surface area contributed by atoms with Crippen LogP contribution >= 0.6 is 46.9 Å². The lowest BCUT2D eigenvalue weighted by atomic mass is 10.1. The second-order valence-electron chi connectivity index (χ2n) is 11.9. The molecule has 17 N–H and O–H groups in total. The van der Waals surface area contributed by atoms with Gasteiger partial charge in [0.2, 0.25) is 0 Å². The Hall–Kier alpha value is -1.97. The highest BCUT2D eigenvalue weighted by molar-refractivity contribution is 7.67. The number of phosphoric acid groups is 6. The summed E-state index contributed by atoms with van der Waals surface area (Å²) >= 11 is 0. The highest BCUT2D eigenvalue weighted by Crippen LogP contribution is 2.67. The molecule has 0 aromatic carbocycles. The highest BCUT2D eigenvalue weighted by Gasteiger charge is 2.50. The summed E-state index contributed by atoms with van der Waals surface area (Å²) in [6, 6.07) is -0.835. The number of nitrogen functional groups attached to an aromatic ring is 1. The zero-order valence-corrected chi connectivity index (χ0v) is 35.6. The van der Waals surface area contributed by atoms with Gasteiger partial charge >= 0.3 is 58.7 Å². The van der Waals surface area contributed by atoms with Crippen LogP contribution in [0.4, 0.5) is 10.6 Å². The van der Waals surface area contributed by atoms with E-state index in [1.807, 2.05) is 0 Å². The molecule has 35 nitrogen and oxygen atoms in total. The van der Waals surface area contributed by atoms with Gasteiger partial charge in [0.15, 0.2) is 12.5 Å². The third-order valence-electron chi connectivity index (χ3n) is 7.35. The number of amides is 2. The number of carbonyl (C=O) groups excluding carboxylic acids is 1. The van der Waals surface area contributed by atoms with Crippen LogP contribution in [0.3, 0.4) is 0 Å². The first-order valence-electron chi connectivity index (χ1n) is 15.6. The normalized spacial score (nSPS) is 31.1. The maximum absolute atomic E-state index is 12.1. The van der Waals surface area contributed by atoms with Crippen molar-refractivity contribution < 1.29 is 132 Å². The first-order chi connectivity index (χ1) is 27.6. The van der Waals surface area contributed by atoms with Crippen LogP contribution in [0, 0.1) is 6.92 Å². The lowest BCUT2D eigenvalue weighted by Crippen LogP contribution is -2.57. The molecule has 61 heavy (non-hydrogen) atoms. The molecular formula is C20H38N6O29P6. The molecule has 0 spiro atoms. The average molecular weight is 1010 g/mol.